The Morgan fingerprint density at radius 3 is 2.81 bits per heavy atom. The molecule has 2 aliphatic heterocycles. The number of amides is 1. The van der Waals surface area contributed by atoms with Crippen LogP contribution in [0.15, 0.2) is 12.1 Å². The average Bonchev–Trinajstić information content (AvgIpc) is 3.23. The first-order valence-electron chi connectivity index (χ1n) is 10.9. The van der Waals surface area contributed by atoms with Crippen molar-refractivity contribution in [2.75, 3.05) is 32.0 Å². The average molecular weight is 451 g/mol. The number of ether oxygens (including phenoxy) is 3. The third-order valence-corrected chi connectivity index (χ3v) is 5.99. The molecule has 0 radical (unpaired) electrons. The van der Waals surface area contributed by atoms with Gasteiger partial charge in [0.25, 0.3) is 0 Å². The van der Waals surface area contributed by atoms with Gasteiger partial charge in [0.15, 0.2) is 0 Å². The van der Waals surface area contributed by atoms with E-state index in [0.29, 0.717) is 48.5 Å². The lowest BCUT2D eigenvalue weighted by molar-refractivity contribution is 0.0238. The molecule has 2 unspecified atom stereocenters. The molecule has 2 atom stereocenters. The van der Waals surface area contributed by atoms with Crippen molar-refractivity contribution in [1.29, 1.82) is 0 Å². The summed E-state index contributed by atoms with van der Waals surface area (Å²) >= 11 is 6.80. The van der Waals surface area contributed by atoms with Crippen LogP contribution in [0, 0.1) is 0 Å². The second-order valence-electron chi connectivity index (χ2n) is 9.26. The Morgan fingerprint density at radius 2 is 2.10 bits per heavy atom. The van der Waals surface area contributed by atoms with Crippen molar-refractivity contribution in [2.45, 2.75) is 64.2 Å². The summed E-state index contributed by atoms with van der Waals surface area (Å²) in [6, 6.07) is 3.66. The first-order chi connectivity index (χ1) is 14.7. The molecular formula is C22H31ClN4O4. The molecule has 0 saturated carbocycles. The molecule has 2 N–H and O–H groups in total. The highest BCUT2D eigenvalue weighted by molar-refractivity contribution is 6.36. The number of imidazole rings is 1. The number of anilines is 1. The topological polar surface area (TPSA) is 91.8 Å². The number of aromatic nitrogens is 2. The lowest BCUT2D eigenvalue weighted by Gasteiger charge is -2.29. The van der Waals surface area contributed by atoms with E-state index in [1.54, 1.807) is 4.90 Å². The number of rotatable bonds is 3. The molecule has 1 aromatic heterocycles. The normalized spacial score (nSPS) is 22.5. The quantitative estimate of drug-likeness (QED) is 0.745. The largest absolute Gasteiger partial charge is 0.486 e. The minimum absolute atomic E-state index is 0.00999. The van der Waals surface area contributed by atoms with Gasteiger partial charge in [-0.1, -0.05) is 11.6 Å². The van der Waals surface area contributed by atoms with Gasteiger partial charge in [-0.2, -0.15) is 0 Å². The fraction of sp³-hybridized carbons (Fsp3) is 0.636. The lowest BCUT2D eigenvalue weighted by Crippen LogP contribution is -2.39. The van der Waals surface area contributed by atoms with Crippen LogP contribution in [0.4, 0.5) is 10.7 Å². The fourth-order valence-corrected chi connectivity index (χ4v) is 4.51. The number of nitrogens with two attached hydrogens (primary N) is 1. The lowest BCUT2D eigenvalue weighted by atomic mass is 10.1. The van der Waals surface area contributed by atoms with Crippen molar-refractivity contribution in [3.8, 4) is 5.75 Å². The van der Waals surface area contributed by atoms with Crippen molar-refractivity contribution < 1.29 is 19.0 Å². The first kappa shape index (κ1) is 22.0. The van der Waals surface area contributed by atoms with Gasteiger partial charge in [0.05, 0.1) is 30.3 Å². The summed E-state index contributed by atoms with van der Waals surface area (Å²) in [6.07, 6.45) is 3.27. The zero-order chi connectivity index (χ0) is 22.2. The predicted molar refractivity (Wildman–Crippen MR) is 120 cm³/mol. The van der Waals surface area contributed by atoms with Crippen molar-refractivity contribution in [3.63, 3.8) is 0 Å². The van der Waals surface area contributed by atoms with Crippen LogP contribution < -0.4 is 10.5 Å². The van der Waals surface area contributed by atoms with Crippen LogP contribution in [0.3, 0.4) is 0 Å². The molecule has 3 heterocycles. The summed E-state index contributed by atoms with van der Waals surface area (Å²) < 4.78 is 19.1. The maximum absolute atomic E-state index is 12.7. The second kappa shape index (κ2) is 8.74. The number of carbonyl (C=O) groups is 1. The maximum atomic E-state index is 12.7. The molecular weight excluding hydrogens is 420 g/mol. The van der Waals surface area contributed by atoms with Gasteiger partial charge >= 0.3 is 6.09 Å². The van der Waals surface area contributed by atoms with Crippen molar-refractivity contribution in [3.05, 3.63) is 17.2 Å². The first-order valence-corrected chi connectivity index (χ1v) is 11.3. The summed E-state index contributed by atoms with van der Waals surface area (Å²) in [5.41, 5.74) is 7.25. The van der Waals surface area contributed by atoms with Gasteiger partial charge in [-0.25, -0.2) is 9.78 Å². The Kier molecular flexibility index (Phi) is 6.21. The van der Waals surface area contributed by atoms with Crippen molar-refractivity contribution >= 4 is 34.7 Å². The summed E-state index contributed by atoms with van der Waals surface area (Å²) in [5, 5.41) is 0.488. The van der Waals surface area contributed by atoms with E-state index in [0.717, 1.165) is 31.2 Å². The summed E-state index contributed by atoms with van der Waals surface area (Å²) in [6.45, 7) is 8.01. The fourth-order valence-electron chi connectivity index (χ4n) is 4.22. The number of likely N-dealkylation sites (tertiary alicyclic amines) is 1. The number of nitrogen functional groups attached to an aromatic ring is 1. The molecule has 4 rings (SSSR count). The number of carbonyl (C=O) groups excluding carboxylic acids is 1. The van der Waals surface area contributed by atoms with Gasteiger partial charge in [0, 0.05) is 19.5 Å². The number of nitrogens with zero attached hydrogens (tertiary/aromatic N) is 3. The second-order valence-corrected chi connectivity index (χ2v) is 9.64. The Hall–Kier alpha value is -2.19. The van der Waals surface area contributed by atoms with Crippen LogP contribution in [-0.2, 0) is 9.47 Å². The molecule has 8 nitrogen and oxygen atoms in total. The van der Waals surface area contributed by atoms with E-state index >= 15 is 0 Å². The third kappa shape index (κ3) is 4.85. The van der Waals surface area contributed by atoms with Gasteiger partial charge in [-0.3, -0.25) is 0 Å². The third-order valence-electron chi connectivity index (χ3n) is 5.63. The van der Waals surface area contributed by atoms with Crippen LogP contribution in [0.25, 0.3) is 11.0 Å². The summed E-state index contributed by atoms with van der Waals surface area (Å²) in [7, 11) is 0. The monoisotopic (exact) mass is 450 g/mol. The Morgan fingerprint density at radius 1 is 1.29 bits per heavy atom. The van der Waals surface area contributed by atoms with Crippen molar-refractivity contribution in [1.82, 2.24) is 14.5 Å². The highest BCUT2D eigenvalue weighted by Gasteiger charge is 2.30. The molecule has 1 amide bonds. The molecule has 2 aliphatic rings. The molecule has 0 bridgehead atoms. The molecule has 2 saturated heterocycles. The number of hydrogen-bond donors (Lipinski definition) is 1. The van der Waals surface area contributed by atoms with E-state index in [2.05, 4.69) is 4.98 Å². The zero-order valence-corrected chi connectivity index (χ0v) is 19.2. The predicted octanol–water partition coefficient (Wildman–Crippen LogP) is 4.40. The standard InChI is InChI=1S/C22H31ClN4O4/c1-22(2,3)31-21(28)26-10-5-4-6-14(12-26)27-19-16(25-20(27)24)7-8-17(18(19)23)30-15-9-11-29-13-15/h7-8,14-15H,4-6,9-13H2,1-3H3,(H2,24,25). The van der Waals surface area contributed by atoms with Gasteiger partial charge in [-0.15, -0.1) is 0 Å². The molecule has 0 spiro atoms. The summed E-state index contributed by atoms with van der Waals surface area (Å²) in [5.74, 6) is 0.984. The van der Waals surface area contributed by atoms with E-state index in [1.165, 1.54) is 0 Å². The minimum atomic E-state index is -0.543. The number of hydrogen-bond acceptors (Lipinski definition) is 6. The Labute approximate surface area is 187 Å². The maximum Gasteiger partial charge on any atom is 0.410 e. The zero-order valence-electron chi connectivity index (χ0n) is 18.4. The van der Waals surface area contributed by atoms with Crippen molar-refractivity contribution in [2.24, 2.45) is 0 Å². The van der Waals surface area contributed by atoms with E-state index in [-0.39, 0.29) is 18.2 Å². The van der Waals surface area contributed by atoms with Crippen LogP contribution in [0.1, 0.15) is 52.5 Å². The smallest absolute Gasteiger partial charge is 0.410 e. The Balaban J connectivity index is 1.65. The van der Waals surface area contributed by atoms with E-state index in [1.807, 2.05) is 37.5 Å². The van der Waals surface area contributed by atoms with E-state index < -0.39 is 5.60 Å². The van der Waals surface area contributed by atoms with Gasteiger partial charge in [0.2, 0.25) is 5.95 Å². The van der Waals surface area contributed by atoms with Crippen LogP contribution >= 0.6 is 11.6 Å². The Bertz CT molecular complexity index is 949. The highest BCUT2D eigenvalue weighted by Crippen LogP contribution is 2.38. The molecule has 2 fully saturated rings. The van der Waals surface area contributed by atoms with Crippen LogP contribution in [0.2, 0.25) is 5.02 Å². The van der Waals surface area contributed by atoms with Gasteiger partial charge < -0.3 is 29.4 Å². The molecule has 2 aromatic rings. The minimum Gasteiger partial charge on any atom is -0.486 e. The van der Waals surface area contributed by atoms with Crippen LogP contribution in [-0.4, -0.2) is 58.6 Å². The molecule has 9 heteroatoms. The van der Waals surface area contributed by atoms with Gasteiger partial charge in [-0.05, 0) is 52.2 Å². The molecule has 0 aliphatic carbocycles. The molecule has 1 aromatic carbocycles. The van der Waals surface area contributed by atoms with E-state index in [9.17, 15) is 4.79 Å². The number of benzene rings is 1. The van der Waals surface area contributed by atoms with E-state index in [4.69, 9.17) is 31.5 Å². The summed E-state index contributed by atoms with van der Waals surface area (Å²) in [4.78, 5) is 19.0. The van der Waals surface area contributed by atoms with Gasteiger partial charge in [0.1, 0.15) is 22.5 Å². The highest BCUT2D eigenvalue weighted by atomic mass is 35.5. The molecule has 31 heavy (non-hydrogen) atoms. The molecule has 170 valence electrons. The number of fused-ring (bicyclic) bond motifs is 1. The SMILES string of the molecule is CC(C)(C)OC(=O)N1CCCCC(n2c(N)nc3ccc(OC4CCOC4)c(Cl)c32)C1. The number of halogens is 1. The van der Waals surface area contributed by atoms with Crippen LogP contribution in [0.5, 0.6) is 5.75 Å².